The number of hydrogen-bond acceptors (Lipinski definition) is 5. The molecule has 2 atom stereocenters. The van der Waals surface area contributed by atoms with Crippen LogP contribution in [-0.4, -0.2) is 47.2 Å². The van der Waals surface area contributed by atoms with E-state index in [4.69, 9.17) is 4.74 Å². The maximum atomic E-state index is 14.6. The molecular formula is C24H29F3N4O. The molecule has 0 radical (unpaired) electrons. The van der Waals surface area contributed by atoms with Crippen molar-refractivity contribution < 1.29 is 17.9 Å². The molecule has 5 nitrogen and oxygen atoms in total. The van der Waals surface area contributed by atoms with E-state index in [0.717, 1.165) is 62.5 Å². The lowest BCUT2D eigenvalue weighted by Crippen LogP contribution is -2.66. The van der Waals surface area contributed by atoms with E-state index in [1.54, 1.807) is 20.1 Å². The van der Waals surface area contributed by atoms with Crippen LogP contribution in [0.2, 0.25) is 0 Å². The van der Waals surface area contributed by atoms with Crippen LogP contribution in [0.1, 0.15) is 61.0 Å². The topological polar surface area (TPSA) is 50.3 Å². The van der Waals surface area contributed by atoms with Crippen LogP contribution in [-0.2, 0) is 17.6 Å². The lowest BCUT2D eigenvalue weighted by atomic mass is 9.61. The number of fused-ring (bicyclic) bond motifs is 1. The monoisotopic (exact) mass is 446 g/mol. The summed E-state index contributed by atoms with van der Waals surface area (Å²) < 4.78 is 46.3. The van der Waals surface area contributed by atoms with Gasteiger partial charge in [0.15, 0.2) is 0 Å². The molecule has 172 valence electrons. The van der Waals surface area contributed by atoms with Crippen molar-refractivity contribution in [3.63, 3.8) is 0 Å². The van der Waals surface area contributed by atoms with Crippen molar-refractivity contribution in [1.29, 1.82) is 0 Å². The van der Waals surface area contributed by atoms with Crippen LogP contribution >= 0.6 is 0 Å². The molecular weight excluding hydrogens is 417 g/mol. The maximum absolute atomic E-state index is 14.6. The van der Waals surface area contributed by atoms with Crippen molar-refractivity contribution in [3.8, 4) is 0 Å². The smallest absolute Gasteiger partial charge is 0.266 e. The number of anilines is 1. The number of aryl methyl sites for hydroxylation is 1. The Bertz CT molecular complexity index is 987. The van der Waals surface area contributed by atoms with Crippen LogP contribution in [0.3, 0.4) is 0 Å². The minimum Gasteiger partial charge on any atom is -0.381 e. The van der Waals surface area contributed by atoms with E-state index in [1.165, 1.54) is 12.4 Å². The SMILES string of the molecule is COC1CC2(C1)CN([C@@H]1CCc3ncnc(N[C@H](C)c4cccc(C(F)F)c4F)c3C1)C2. The van der Waals surface area contributed by atoms with Crippen LogP contribution in [0, 0.1) is 11.2 Å². The Labute approximate surface area is 186 Å². The zero-order valence-electron chi connectivity index (χ0n) is 18.5. The van der Waals surface area contributed by atoms with Crippen LogP contribution < -0.4 is 5.32 Å². The minimum absolute atomic E-state index is 0.213. The van der Waals surface area contributed by atoms with Gasteiger partial charge < -0.3 is 10.1 Å². The number of halogens is 3. The number of nitrogens with zero attached hydrogens (tertiary/aromatic N) is 3. The zero-order chi connectivity index (χ0) is 22.5. The van der Waals surface area contributed by atoms with Crippen molar-refractivity contribution in [3.05, 3.63) is 52.7 Å². The first-order chi connectivity index (χ1) is 15.4. The van der Waals surface area contributed by atoms with Gasteiger partial charge in [-0.2, -0.15) is 0 Å². The summed E-state index contributed by atoms with van der Waals surface area (Å²) in [5.74, 6) is -0.184. The van der Waals surface area contributed by atoms with Gasteiger partial charge in [0.1, 0.15) is 18.0 Å². The Balaban J connectivity index is 1.29. The van der Waals surface area contributed by atoms with Gasteiger partial charge in [-0.15, -0.1) is 0 Å². The Morgan fingerprint density at radius 2 is 1.94 bits per heavy atom. The van der Waals surface area contributed by atoms with Crippen molar-refractivity contribution in [1.82, 2.24) is 14.9 Å². The number of ether oxygens (including phenoxy) is 1. The predicted octanol–water partition coefficient (Wildman–Crippen LogP) is 4.69. The first-order valence-corrected chi connectivity index (χ1v) is 11.3. The van der Waals surface area contributed by atoms with Crippen LogP contribution in [0.25, 0.3) is 0 Å². The van der Waals surface area contributed by atoms with Gasteiger partial charge in [-0.25, -0.2) is 23.1 Å². The summed E-state index contributed by atoms with van der Waals surface area (Å²) >= 11 is 0. The number of nitrogens with one attached hydrogen (secondary N) is 1. The third-order valence-electron chi connectivity index (χ3n) is 7.55. The number of aromatic nitrogens is 2. The summed E-state index contributed by atoms with van der Waals surface area (Å²) in [7, 11) is 1.79. The number of methoxy groups -OCH3 is 1. The quantitative estimate of drug-likeness (QED) is 0.698. The number of likely N-dealkylation sites (tertiary alicyclic amines) is 1. The van der Waals surface area contributed by atoms with Gasteiger partial charge in [-0.05, 0) is 39.0 Å². The maximum Gasteiger partial charge on any atom is 0.266 e. The third-order valence-corrected chi connectivity index (χ3v) is 7.55. The highest BCUT2D eigenvalue weighted by molar-refractivity contribution is 5.49. The molecule has 1 spiro atoms. The molecule has 32 heavy (non-hydrogen) atoms. The van der Waals surface area contributed by atoms with Gasteiger partial charge in [0.25, 0.3) is 6.43 Å². The van der Waals surface area contributed by atoms with Crippen LogP contribution in [0.15, 0.2) is 24.5 Å². The first-order valence-electron chi connectivity index (χ1n) is 11.3. The molecule has 1 aromatic heterocycles. The van der Waals surface area contributed by atoms with E-state index < -0.39 is 23.8 Å². The van der Waals surface area contributed by atoms with Crippen LogP contribution in [0.4, 0.5) is 19.0 Å². The number of rotatable bonds is 6. The van der Waals surface area contributed by atoms with Gasteiger partial charge in [-0.3, -0.25) is 4.90 Å². The molecule has 1 aliphatic heterocycles. The largest absolute Gasteiger partial charge is 0.381 e. The number of benzene rings is 1. The Kier molecular flexibility index (Phi) is 5.61. The zero-order valence-corrected chi connectivity index (χ0v) is 18.5. The van der Waals surface area contributed by atoms with Crippen molar-refractivity contribution in [2.45, 2.75) is 63.6 Å². The highest BCUT2D eigenvalue weighted by Gasteiger charge is 2.54. The van der Waals surface area contributed by atoms with Gasteiger partial charge in [0, 0.05) is 48.5 Å². The molecule has 2 heterocycles. The molecule has 8 heteroatoms. The van der Waals surface area contributed by atoms with Gasteiger partial charge in [0.05, 0.1) is 17.7 Å². The Morgan fingerprint density at radius 1 is 1.19 bits per heavy atom. The van der Waals surface area contributed by atoms with E-state index in [2.05, 4.69) is 20.2 Å². The average Bonchev–Trinajstić information content (AvgIpc) is 2.72. The van der Waals surface area contributed by atoms with Gasteiger partial charge in [-0.1, -0.05) is 18.2 Å². The molecule has 5 rings (SSSR count). The molecule has 0 unspecified atom stereocenters. The van der Waals surface area contributed by atoms with Crippen molar-refractivity contribution >= 4 is 5.82 Å². The Morgan fingerprint density at radius 3 is 2.66 bits per heavy atom. The standard InChI is InChI=1S/C24H29F3N4O/c1-14(17-4-3-5-18(21(17)25)22(26)27)30-23-19-8-15(6-7-20(19)28-13-29-23)31-11-24(12-31)9-16(10-24)32-2/h3-5,13-16,22H,6-12H2,1-2H3,(H,28,29,30)/t14-,15-/m1/s1. The second-order valence-electron chi connectivity index (χ2n) is 9.63. The molecule has 1 saturated heterocycles. The summed E-state index contributed by atoms with van der Waals surface area (Å²) in [6, 6.07) is 4.08. The highest BCUT2D eigenvalue weighted by atomic mass is 19.3. The fourth-order valence-electron chi connectivity index (χ4n) is 5.71. The summed E-state index contributed by atoms with van der Waals surface area (Å²) in [4.78, 5) is 11.5. The molecule has 0 bridgehead atoms. The number of alkyl halides is 2. The lowest BCUT2D eigenvalue weighted by Gasteiger charge is -2.61. The fourth-order valence-corrected chi connectivity index (χ4v) is 5.71. The molecule has 1 aromatic carbocycles. The van der Waals surface area contributed by atoms with Crippen molar-refractivity contribution in [2.75, 3.05) is 25.5 Å². The van der Waals surface area contributed by atoms with E-state index in [1.807, 2.05) is 0 Å². The van der Waals surface area contributed by atoms with E-state index >= 15 is 0 Å². The second kappa shape index (κ2) is 8.30. The first kappa shape index (κ1) is 21.6. The lowest BCUT2D eigenvalue weighted by molar-refractivity contribution is -0.153. The molecule has 2 aromatic rings. The summed E-state index contributed by atoms with van der Waals surface area (Å²) in [6.07, 6.45) is 4.19. The average molecular weight is 447 g/mol. The van der Waals surface area contributed by atoms with Gasteiger partial charge >= 0.3 is 0 Å². The molecule has 1 N–H and O–H groups in total. The normalized spacial score (nSPS) is 23.5. The predicted molar refractivity (Wildman–Crippen MR) is 115 cm³/mol. The Hall–Kier alpha value is -2.19. The third kappa shape index (κ3) is 3.77. The van der Waals surface area contributed by atoms with Crippen LogP contribution in [0.5, 0.6) is 0 Å². The number of hydrogen-bond donors (Lipinski definition) is 1. The summed E-state index contributed by atoms with van der Waals surface area (Å²) in [6.45, 7) is 4.00. The molecule has 0 amide bonds. The summed E-state index contributed by atoms with van der Waals surface area (Å²) in [5.41, 5.74) is 2.16. The fraction of sp³-hybridized carbons (Fsp3) is 0.583. The molecule has 2 fully saturated rings. The van der Waals surface area contributed by atoms with E-state index in [9.17, 15) is 13.2 Å². The molecule has 3 aliphatic rings. The molecule has 2 aliphatic carbocycles. The minimum atomic E-state index is -2.84. The van der Waals surface area contributed by atoms with E-state index in [0.29, 0.717) is 23.4 Å². The van der Waals surface area contributed by atoms with E-state index in [-0.39, 0.29) is 5.56 Å². The highest BCUT2D eigenvalue weighted by Crippen LogP contribution is 2.51. The summed E-state index contributed by atoms with van der Waals surface area (Å²) in [5, 5.41) is 3.27. The molecule has 1 saturated carbocycles. The van der Waals surface area contributed by atoms with Crippen molar-refractivity contribution in [2.24, 2.45) is 5.41 Å². The second-order valence-corrected chi connectivity index (χ2v) is 9.63. The van der Waals surface area contributed by atoms with Gasteiger partial charge in [0.2, 0.25) is 0 Å².